The van der Waals surface area contributed by atoms with Crippen molar-refractivity contribution in [2.24, 2.45) is 0 Å². The predicted molar refractivity (Wildman–Crippen MR) is 93.3 cm³/mol. The van der Waals surface area contributed by atoms with Crippen LogP contribution in [0.4, 0.5) is 5.69 Å². The van der Waals surface area contributed by atoms with E-state index in [1.807, 2.05) is 19.1 Å². The number of hydrogen-bond acceptors (Lipinski definition) is 4. The van der Waals surface area contributed by atoms with Crippen LogP contribution in [0, 0.1) is 6.92 Å². The third-order valence-corrected chi connectivity index (χ3v) is 5.51. The number of sulfonamides is 1. The third kappa shape index (κ3) is 3.10. The summed E-state index contributed by atoms with van der Waals surface area (Å²) in [6.45, 7) is 6.68. The van der Waals surface area contributed by atoms with Crippen LogP contribution in [0.2, 0.25) is 0 Å². The van der Waals surface area contributed by atoms with Crippen molar-refractivity contribution >= 4 is 15.7 Å². The number of fused-ring (bicyclic) bond motifs is 1. The molecule has 3 rings (SSSR count). The minimum Gasteiger partial charge on any atom is -0.486 e. The highest BCUT2D eigenvalue weighted by molar-refractivity contribution is 7.92. The van der Waals surface area contributed by atoms with Crippen molar-refractivity contribution in [2.45, 2.75) is 11.8 Å². The maximum atomic E-state index is 13.1. The van der Waals surface area contributed by atoms with Gasteiger partial charge in [0, 0.05) is 6.07 Å². The highest BCUT2D eigenvalue weighted by atomic mass is 32.2. The van der Waals surface area contributed by atoms with Gasteiger partial charge in [0.2, 0.25) is 0 Å². The van der Waals surface area contributed by atoms with Crippen molar-refractivity contribution in [3.63, 3.8) is 0 Å². The summed E-state index contributed by atoms with van der Waals surface area (Å²) in [4.78, 5) is 0.161. The summed E-state index contributed by atoms with van der Waals surface area (Å²) >= 11 is 0. The second kappa shape index (κ2) is 6.57. The molecule has 0 fully saturated rings. The molecule has 0 aromatic heterocycles. The summed E-state index contributed by atoms with van der Waals surface area (Å²) in [5.74, 6) is 1.01. The fraction of sp³-hybridized carbons (Fsp3) is 0.222. The minimum absolute atomic E-state index is 0.161. The van der Waals surface area contributed by atoms with Crippen LogP contribution in [0.1, 0.15) is 5.56 Å². The van der Waals surface area contributed by atoms with E-state index in [9.17, 15) is 8.42 Å². The van der Waals surface area contributed by atoms with Crippen molar-refractivity contribution in [1.29, 1.82) is 0 Å². The van der Waals surface area contributed by atoms with Gasteiger partial charge in [-0.1, -0.05) is 23.8 Å². The first-order chi connectivity index (χ1) is 11.5. The van der Waals surface area contributed by atoms with Crippen molar-refractivity contribution < 1.29 is 17.9 Å². The zero-order valence-electron chi connectivity index (χ0n) is 13.4. The van der Waals surface area contributed by atoms with Gasteiger partial charge >= 0.3 is 0 Å². The number of benzene rings is 2. The summed E-state index contributed by atoms with van der Waals surface area (Å²) < 4.78 is 38.4. The smallest absolute Gasteiger partial charge is 0.264 e. The zero-order chi connectivity index (χ0) is 17.2. The normalized spacial score (nSPS) is 13.4. The molecule has 24 heavy (non-hydrogen) atoms. The molecule has 0 saturated carbocycles. The first kappa shape index (κ1) is 16.4. The molecule has 1 heterocycles. The van der Waals surface area contributed by atoms with E-state index in [-0.39, 0.29) is 11.4 Å². The van der Waals surface area contributed by atoms with Gasteiger partial charge in [0.15, 0.2) is 11.5 Å². The monoisotopic (exact) mass is 345 g/mol. The van der Waals surface area contributed by atoms with Crippen LogP contribution >= 0.6 is 0 Å². The summed E-state index contributed by atoms with van der Waals surface area (Å²) in [5.41, 5.74) is 1.66. The van der Waals surface area contributed by atoms with Crippen LogP contribution in [0.25, 0.3) is 0 Å². The molecule has 6 heteroatoms. The van der Waals surface area contributed by atoms with Crippen LogP contribution in [0.5, 0.6) is 11.5 Å². The molecule has 1 aliphatic heterocycles. The maximum absolute atomic E-state index is 13.1. The van der Waals surface area contributed by atoms with E-state index < -0.39 is 10.0 Å². The number of hydrogen-bond donors (Lipinski definition) is 0. The van der Waals surface area contributed by atoms with Crippen molar-refractivity contribution in [3.8, 4) is 11.5 Å². The average Bonchev–Trinajstić information content (AvgIpc) is 2.60. The highest BCUT2D eigenvalue weighted by Gasteiger charge is 2.26. The molecular weight excluding hydrogens is 326 g/mol. The van der Waals surface area contributed by atoms with Crippen LogP contribution in [0.3, 0.4) is 0 Å². The fourth-order valence-corrected chi connectivity index (χ4v) is 3.93. The van der Waals surface area contributed by atoms with Crippen LogP contribution < -0.4 is 13.8 Å². The Labute approximate surface area is 142 Å². The van der Waals surface area contributed by atoms with E-state index in [1.54, 1.807) is 24.3 Å². The quantitative estimate of drug-likeness (QED) is 0.781. The van der Waals surface area contributed by atoms with Gasteiger partial charge in [-0.15, -0.1) is 6.58 Å². The maximum Gasteiger partial charge on any atom is 0.264 e. The largest absolute Gasteiger partial charge is 0.486 e. The van der Waals surface area contributed by atoms with Gasteiger partial charge in [0.1, 0.15) is 13.2 Å². The van der Waals surface area contributed by atoms with Crippen molar-refractivity contribution in [3.05, 3.63) is 60.7 Å². The summed E-state index contributed by atoms with van der Waals surface area (Å²) in [5, 5.41) is 0. The Morgan fingerprint density at radius 2 is 1.75 bits per heavy atom. The molecule has 0 saturated heterocycles. The lowest BCUT2D eigenvalue weighted by Gasteiger charge is -2.24. The van der Waals surface area contributed by atoms with E-state index in [0.29, 0.717) is 30.4 Å². The first-order valence-corrected chi connectivity index (χ1v) is 9.06. The lowest BCUT2D eigenvalue weighted by Crippen LogP contribution is -2.31. The number of rotatable bonds is 5. The van der Waals surface area contributed by atoms with Gasteiger partial charge < -0.3 is 9.47 Å². The summed E-state index contributed by atoms with van der Waals surface area (Å²) in [7, 11) is -3.74. The molecule has 0 atom stereocenters. The second-order valence-corrected chi connectivity index (χ2v) is 7.33. The van der Waals surface area contributed by atoms with Crippen molar-refractivity contribution in [1.82, 2.24) is 0 Å². The van der Waals surface area contributed by atoms with Crippen LogP contribution in [-0.4, -0.2) is 28.2 Å². The lowest BCUT2D eigenvalue weighted by molar-refractivity contribution is 0.171. The van der Waals surface area contributed by atoms with Crippen LogP contribution in [-0.2, 0) is 10.0 Å². The Kier molecular flexibility index (Phi) is 4.49. The Hall–Kier alpha value is -2.47. The van der Waals surface area contributed by atoms with Crippen molar-refractivity contribution in [2.75, 3.05) is 24.1 Å². The second-order valence-electron chi connectivity index (χ2n) is 5.47. The minimum atomic E-state index is -3.74. The number of ether oxygens (including phenoxy) is 2. The molecule has 5 nitrogen and oxygen atoms in total. The van der Waals surface area contributed by atoms with E-state index in [0.717, 1.165) is 5.56 Å². The van der Waals surface area contributed by atoms with E-state index in [2.05, 4.69) is 6.58 Å². The van der Waals surface area contributed by atoms with E-state index in [4.69, 9.17) is 9.47 Å². The zero-order valence-corrected chi connectivity index (χ0v) is 14.3. The van der Waals surface area contributed by atoms with Gasteiger partial charge in [-0.25, -0.2) is 8.42 Å². The molecule has 0 spiro atoms. The van der Waals surface area contributed by atoms with Gasteiger partial charge in [0.05, 0.1) is 17.1 Å². The Balaban J connectivity index is 2.02. The Morgan fingerprint density at radius 3 is 2.42 bits per heavy atom. The molecule has 0 N–H and O–H groups in total. The third-order valence-electron chi connectivity index (χ3n) is 3.72. The molecule has 0 bridgehead atoms. The molecule has 2 aromatic carbocycles. The average molecular weight is 345 g/mol. The topological polar surface area (TPSA) is 55.8 Å². The SMILES string of the molecule is C=CCN(c1ccc(C)cc1)S(=O)(=O)c1ccc2c(c1)OCCO2. The summed E-state index contributed by atoms with van der Waals surface area (Å²) in [6.07, 6.45) is 1.56. The standard InChI is InChI=1S/C18H19NO4S/c1-3-10-19(15-6-4-14(2)5-7-15)24(20,21)16-8-9-17-18(13-16)23-12-11-22-17/h3-9,13H,1,10-12H2,2H3. The molecule has 2 aromatic rings. The Morgan fingerprint density at radius 1 is 1.08 bits per heavy atom. The number of aryl methyl sites for hydroxylation is 1. The predicted octanol–water partition coefficient (Wildman–Crippen LogP) is 3.15. The molecule has 126 valence electrons. The molecule has 0 unspecified atom stereocenters. The van der Waals surface area contributed by atoms with Gasteiger partial charge in [-0.05, 0) is 31.2 Å². The number of anilines is 1. The first-order valence-electron chi connectivity index (χ1n) is 7.62. The van der Waals surface area contributed by atoms with Crippen LogP contribution in [0.15, 0.2) is 60.0 Å². The van der Waals surface area contributed by atoms with Gasteiger partial charge in [0.25, 0.3) is 10.0 Å². The fourth-order valence-electron chi connectivity index (χ4n) is 2.48. The van der Waals surface area contributed by atoms with Gasteiger partial charge in [-0.3, -0.25) is 4.31 Å². The number of nitrogens with zero attached hydrogens (tertiary/aromatic N) is 1. The van der Waals surface area contributed by atoms with E-state index in [1.165, 1.54) is 16.4 Å². The Bertz CT molecular complexity index is 844. The molecule has 0 aliphatic carbocycles. The molecule has 1 aliphatic rings. The molecule has 0 radical (unpaired) electrons. The lowest BCUT2D eigenvalue weighted by atomic mass is 10.2. The summed E-state index contributed by atoms with van der Waals surface area (Å²) in [6, 6.07) is 12.0. The highest BCUT2D eigenvalue weighted by Crippen LogP contribution is 2.34. The van der Waals surface area contributed by atoms with Gasteiger partial charge in [-0.2, -0.15) is 0 Å². The molecule has 0 amide bonds. The van der Waals surface area contributed by atoms with E-state index >= 15 is 0 Å². The molecular formula is C18H19NO4S.